The second kappa shape index (κ2) is 49.5. The number of para-hydroxylation sites is 1. The smallest absolute Gasteiger partial charge is 0.243 e. The van der Waals surface area contributed by atoms with Crippen LogP contribution in [0.2, 0.25) is 0 Å². The summed E-state index contributed by atoms with van der Waals surface area (Å²) in [5.41, 5.74) is 0.939. The van der Waals surface area contributed by atoms with Crippen molar-refractivity contribution in [2.75, 3.05) is 124 Å². The molecule has 4 amide bonds. The summed E-state index contributed by atoms with van der Waals surface area (Å²) in [7, 11) is 0. The van der Waals surface area contributed by atoms with Crippen LogP contribution in [-0.4, -0.2) is 479 Å². The topological polar surface area (TPSA) is 714 Å². The minimum Gasteiger partial charge on any atom is -0.394 e. The van der Waals surface area contributed by atoms with E-state index in [0.29, 0.717) is 72.4 Å². The molecule has 0 bridgehead atoms. The van der Waals surface area contributed by atoms with Crippen molar-refractivity contribution in [3.05, 3.63) is 77.9 Å². The van der Waals surface area contributed by atoms with Crippen LogP contribution in [0, 0.1) is 28.6 Å². The molecule has 50 nitrogen and oxygen atoms in total. The second-order valence-electron chi connectivity index (χ2n) is 40.0. The van der Waals surface area contributed by atoms with Crippen molar-refractivity contribution in [2.24, 2.45) is 28.6 Å². The zero-order valence-electron chi connectivity index (χ0n) is 81.6. The molecule has 3 aromatic rings. The van der Waals surface area contributed by atoms with E-state index in [0.717, 1.165) is 24.8 Å². The number of carbonyl (C=O) groups is 6. The predicted molar refractivity (Wildman–Crippen MR) is 493 cm³/mol. The Morgan fingerprint density at radius 3 is 1.62 bits per heavy atom. The van der Waals surface area contributed by atoms with E-state index in [4.69, 9.17) is 85.3 Å². The standard InChI is InChI=1S/C97H139N7O43/c1-4-10-69-141-63-34-52-50-17-16-47-33-48(110)20-22-95(47,2)70(50)54(111)35-96(52,3)97(63,147-69)62(113)45-135-68-15-9-24-102(68)67(117)36-99-65(115)21-25-130-27-29-132-31-32-133-30-28-131-26-23-98-64(114)18-19-66(116)103-37-46-11-5-6-12-49(46)71-72(51-13-7-8-14-53(51)103)104(101-100-71)38-56-74(119)75(120)80(125)90(136-56)143-86-58(40-106)138-92(82(127)77(86)122)145-88-60(42-108)140-94(84(129)79(88)124)146-89-61(43-109)139-93(83(128)78(89)123)144-87-59(41-107)137-91(81(126)76(87)121)142-85-57(39-105)134-44-55(112)73(85)118/h5-8,11-14,20,22,33,50,52,54-61,63,68-70,73-94,105-109,111-112,118-129H,4,9-10,15-19,21,23-32,34-45H2,1-3H3,(H,98,114)(H,99,115)/t50-,52-,54-,55?,56?,57?,58?,59?,60?,61?,63+,68?,69?,70+,73?,74?,75?,76?,77?,78?,79?,80?,81?,82?,83?,84?,85?,86?,87?,88?,89?,90?,91?,92?,93?,94?,95-,96-,97+/m0/s1. The van der Waals surface area contributed by atoms with Gasteiger partial charge in [-0.25, -0.2) is 4.68 Å². The maximum absolute atomic E-state index is 14.9. The third-order valence-electron chi connectivity index (χ3n) is 30.9. The van der Waals surface area contributed by atoms with E-state index >= 15 is 0 Å². The fourth-order valence-electron chi connectivity index (χ4n) is 23.3. The Balaban J connectivity index is 0.438. The third-order valence-corrected chi connectivity index (χ3v) is 30.9. The molecule has 9 aliphatic heterocycles. The number of Topliss-reactive ketones (excluding diaryl/α,β-unsaturated/α-hetero) is 1. The first kappa shape index (κ1) is 112. The number of hydrogen-bond donors (Lipinski definition) is 21. The molecule has 13 aliphatic rings. The number of hydrogen-bond acceptors (Lipinski definition) is 45. The molecule has 1 aromatic heterocycles. The lowest BCUT2D eigenvalue weighted by molar-refractivity contribution is -0.394. The number of likely N-dealkylation sites (tertiary alicyclic amines) is 1. The van der Waals surface area contributed by atoms with Gasteiger partial charge < -0.3 is 203 Å². The molecular formula is C97H139N7O43. The molecule has 31 unspecified atom stereocenters. The summed E-state index contributed by atoms with van der Waals surface area (Å²) in [6, 6.07) is 13.8. The molecule has 3 saturated carbocycles. The van der Waals surface area contributed by atoms with Crippen LogP contribution in [0.5, 0.6) is 0 Å². The summed E-state index contributed by atoms with van der Waals surface area (Å²) in [4.78, 5) is 84.8. The van der Waals surface area contributed by atoms with Gasteiger partial charge in [0.25, 0.3) is 0 Å². The van der Waals surface area contributed by atoms with Gasteiger partial charge in [-0.2, -0.15) is 0 Å². The molecule has 8 saturated heterocycles. The summed E-state index contributed by atoms with van der Waals surface area (Å²) in [6.07, 6.45) is -48.3. The van der Waals surface area contributed by atoms with Crippen LogP contribution in [0.15, 0.2) is 72.3 Å². The average molecular weight is 2090 g/mol. The number of aromatic nitrogens is 3. The first-order valence-corrected chi connectivity index (χ1v) is 50.4. The van der Waals surface area contributed by atoms with Gasteiger partial charge in [0.05, 0.1) is 136 Å². The predicted octanol–water partition coefficient (Wildman–Crippen LogP) is -7.77. The molecule has 820 valence electrons. The number of nitrogens with one attached hydrogen (secondary N) is 2. The van der Waals surface area contributed by atoms with Gasteiger partial charge in [0.1, 0.15) is 165 Å². The van der Waals surface area contributed by atoms with Crippen LogP contribution < -0.4 is 15.5 Å². The maximum Gasteiger partial charge on any atom is 0.243 e. The molecule has 0 spiro atoms. The van der Waals surface area contributed by atoms with Crippen LogP contribution in [0.4, 0.5) is 5.69 Å². The number of allylic oxidation sites excluding steroid dienone is 4. The van der Waals surface area contributed by atoms with Crippen LogP contribution in [0.3, 0.4) is 0 Å². The molecule has 0 radical (unpaired) electrons. The van der Waals surface area contributed by atoms with Crippen LogP contribution in [0.1, 0.15) is 97.0 Å². The fraction of sp³-hybridized carbons (Fsp3) is 0.753. The summed E-state index contributed by atoms with van der Waals surface area (Å²) >= 11 is 0. The van der Waals surface area contributed by atoms with E-state index in [2.05, 4.69) is 34.8 Å². The van der Waals surface area contributed by atoms with Crippen molar-refractivity contribution in [2.45, 2.75) is 313 Å². The molecule has 2 aromatic carbocycles. The number of nitrogens with zero attached hydrogens (tertiary/aromatic N) is 5. The van der Waals surface area contributed by atoms with E-state index in [1.54, 1.807) is 65.6 Å². The number of anilines is 1. The third kappa shape index (κ3) is 23.5. The zero-order chi connectivity index (χ0) is 105. The number of rotatable bonds is 43. The van der Waals surface area contributed by atoms with Gasteiger partial charge in [0.15, 0.2) is 54.9 Å². The number of fused-ring (bicyclic) bond motifs is 12. The maximum atomic E-state index is 14.9. The van der Waals surface area contributed by atoms with E-state index in [1.165, 1.54) is 9.58 Å². The lowest BCUT2D eigenvalue weighted by Gasteiger charge is -2.59. The van der Waals surface area contributed by atoms with Crippen molar-refractivity contribution < 1.29 is 211 Å². The van der Waals surface area contributed by atoms with Crippen molar-refractivity contribution in [1.82, 2.24) is 30.5 Å². The van der Waals surface area contributed by atoms with Gasteiger partial charge in [-0.1, -0.05) is 86.5 Å². The van der Waals surface area contributed by atoms with Crippen molar-refractivity contribution >= 4 is 40.9 Å². The number of benzene rings is 2. The molecule has 147 heavy (non-hydrogen) atoms. The lowest BCUT2D eigenvalue weighted by Crippen LogP contribution is -2.68. The lowest BCUT2D eigenvalue weighted by atomic mass is 9.46. The average Bonchev–Trinajstić information content (AvgIpc) is 1.52. The van der Waals surface area contributed by atoms with Gasteiger partial charge in [0, 0.05) is 60.2 Å². The number of ether oxygens (including phenoxy) is 18. The summed E-state index contributed by atoms with van der Waals surface area (Å²) < 4.78 is 107. The highest BCUT2D eigenvalue weighted by atomic mass is 16.8. The molecule has 50 heteroatoms. The SMILES string of the molecule is CCCC1O[C@@H]2C[C@H]3[C@@H]4CCC5=CC(=O)C=C[C@]5(C)[C@H]4[C@@H](O)C[C@]3(C)[C@]2(C(=O)COC2CCCN2C(=O)CNC(=O)CCOCCOCCOCCOCCNC(=O)CCC(=O)N2Cc3ccccc3-c3nnn(CC4OC(OC5C(CO)OC(OC6C(CO)OC(OC7C(CO)OC(OC8C(CO)OC(OC9C(CO)OCC(O)C9O)C(O)C8O)C(O)C7O)C(O)C6O)C(O)C5O)C(O)C(O)C4O)c3-c3ccccc32)O1. The van der Waals surface area contributed by atoms with E-state index in [9.17, 15) is 126 Å². The number of amides is 4. The van der Waals surface area contributed by atoms with Crippen molar-refractivity contribution in [3.63, 3.8) is 0 Å². The number of carbonyl (C=O) groups excluding carboxylic acids is 6. The minimum absolute atomic E-state index is 0.00702. The van der Waals surface area contributed by atoms with Crippen LogP contribution in [-0.2, 0) is 127 Å². The minimum atomic E-state index is -2.24. The van der Waals surface area contributed by atoms with Crippen molar-refractivity contribution in [3.8, 4) is 22.5 Å². The summed E-state index contributed by atoms with van der Waals surface area (Å²) in [5, 5.41) is 226. The highest BCUT2D eigenvalue weighted by Gasteiger charge is 2.76. The quantitative estimate of drug-likeness (QED) is 0.0234. The van der Waals surface area contributed by atoms with E-state index < -0.39 is 276 Å². The molecule has 16 rings (SSSR count). The van der Waals surface area contributed by atoms with Gasteiger partial charge >= 0.3 is 0 Å². The summed E-state index contributed by atoms with van der Waals surface area (Å²) in [6.45, 7) is 1.90. The van der Waals surface area contributed by atoms with Crippen LogP contribution in [0.25, 0.3) is 22.5 Å². The number of ketones is 2. The van der Waals surface area contributed by atoms with E-state index in [1.807, 2.05) is 13.0 Å². The Morgan fingerprint density at radius 2 is 1.05 bits per heavy atom. The Bertz CT molecular complexity index is 4960. The van der Waals surface area contributed by atoms with Crippen LogP contribution >= 0.6 is 0 Å². The normalized spacial score (nSPS) is 39.7. The summed E-state index contributed by atoms with van der Waals surface area (Å²) in [5.74, 6) is -2.05. The highest BCUT2D eigenvalue weighted by molar-refractivity contribution is 6.02. The number of aliphatic hydroxyl groups excluding tert-OH is 19. The Labute approximate surface area is 844 Å². The molecule has 11 fully saturated rings. The molecule has 4 aliphatic carbocycles. The van der Waals surface area contributed by atoms with Crippen molar-refractivity contribution in [1.29, 1.82) is 0 Å². The second-order valence-corrected chi connectivity index (χ2v) is 40.0. The number of aliphatic hydroxyl groups is 19. The zero-order valence-corrected chi connectivity index (χ0v) is 81.6. The highest BCUT2D eigenvalue weighted by Crippen LogP contribution is 2.70. The first-order chi connectivity index (χ1) is 70.6. The first-order valence-electron chi connectivity index (χ1n) is 50.4. The molecule has 21 N–H and O–H groups in total. The van der Waals surface area contributed by atoms with Gasteiger partial charge in [-0.15, -0.1) is 5.10 Å². The van der Waals surface area contributed by atoms with E-state index in [-0.39, 0.29) is 140 Å². The van der Waals surface area contributed by atoms with Gasteiger partial charge in [-0.05, 0) is 80.6 Å². The largest absolute Gasteiger partial charge is 0.394 e. The molecular weight excluding hydrogens is 1950 g/mol. The molecule has 10 heterocycles. The Kier molecular flexibility index (Phi) is 37.8. The van der Waals surface area contributed by atoms with Gasteiger partial charge in [0.2, 0.25) is 23.6 Å². The monoisotopic (exact) mass is 2090 g/mol. The van der Waals surface area contributed by atoms with Gasteiger partial charge in [-0.3, -0.25) is 28.8 Å². The Hall–Kier alpha value is -7.20. The fourth-order valence-corrected chi connectivity index (χ4v) is 23.3. The Morgan fingerprint density at radius 1 is 0.537 bits per heavy atom. The molecule has 39 atom stereocenters.